The lowest BCUT2D eigenvalue weighted by atomic mass is 10.4. The van der Waals surface area contributed by atoms with Gasteiger partial charge >= 0.3 is 0 Å². The highest BCUT2D eigenvalue weighted by Crippen LogP contribution is 1.99. The molecular formula is C10H20N2O. The number of likely N-dealkylation sites (N-methyl/N-ethyl adjacent to an activating group) is 1. The van der Waals surface area contributed by atoms with Gasteiger partial charge in [0.1, 0.15) is 6.26 Å². The maximum Gasteiger partial charge on any atom is 0.195 e. The SMILES string of the molecule is CC.CCNCCc1nc(C)co1. The van der Waals surface area contributed by atoms with Gasteiger partial charge < -0.3 is 9.73 Å². The summed E-state index contributed by atoms with van der Waals surface area (Å²) >= 11 is 0. The minimum absolute atomic E-state index is 0.823. The Kier molecular flexibility index (Phi) is 7.30. The van der Waals surface area contributed by atoms with Crippen LogP contribution in [0.1, 0.15) is 32.4 Å². The zero-order valence-corrected chi connectivity index (χ0v) is 9.05. The van der Waals surface area contributed by atoms with Gasteiger partial charge in [-0.3, -0.25) is 0 Å². The first-order valence-corrected chi connectivity index (χ1v) is 4.94. The molecule has 0 saturated heterocycles. The van der Waals surface area contributed by atoms with Crippen LogP contribution in [0.5, 0.6) is 0 Å². The van der Waals surface area contributed by atoms with Crippen LogP contribution in [0.25, 0.3) is 0 Å². The number of nitrogens with zero attached hydrogens (tertiary/aromatic N) is 1. The molecule has 1 rings (SSSR count). The largest absolute Gasteiger partial charge is 0.449 e. The van der Waals surface area contributed by atoms with Gasteiger partial charge in [-0.05, 0) is 13.5 Å². The van der Waals surface area contributed by atoms with Gasteiger partial charge in [0.25, 0.3) is 0 Å². The molecule has 0 spiro atoms. The molecule has 1 aromatic heterocycles. The van der Waals surface area contributed by atoms with Crippen LogP contribution in [0.15, 0.2) is 10.7 Å². The van der Waals surface area contributed by atoms with E-state index in [0.29, 0.717) is 0 Å². The Bertz CT molecular complexity index is 208. The molecule has 0 amide bonds. The summed E-state index contributed by atoms with van der Waals surface area (Å²) in [5.74, 6) is 0.823. The minimum atomic E-state index is 0.823. The Morgan fingerprint density at radius 3 is 2.62 bits per heavy atom. The number of hydrogen-bond donors (Lipinski definition) is 1. The van der Waals surface area contributed by atoms with Gasteiger partial charge in [-0.25, -0.2) is 4.98 Å². The second kappa shape index (κ2) is 7.80. The normalized spacial score (nSPS) is 9.23. The third-order valence-electron chi connectivity index (χ3n) is 1.43. The smallest absolute Gasteiger partial charge is 0.195 e. The summed E-state index contributed by atoms with van der Waals surface area (Å²) in [5.41, 5.74) is 0.955. The van der Waals surface area contributed by atoms with Crippen molar-refractivity contribution in [3.63, 3.8) is 0 Å². The summed E-state index contributed by atoms with van der Waals surface area (Å²) in [4.78, 5) is 4.18. The zero-order chi connectivity index (χ0) is 10.1. The molecule has 0 atom stereocenters. The van der Waals surface area contributed by atoms with E-state index in [9.17, 15) is 0 Å². The lowest BCUT2D eigenvalue weighted by molar-refractivity contribution is 0.486. The molecule has 0 unspecified atom stereocenters. The third kappa shape index (κ3) is 5.42. The highest BCUT2D eigenvalue weighted by atomic mass is 16.3. The maximum absolute atomic E-state index is 5.16. The summed E-state index contributed by atoms with van der Waals surface area (Å²) in [6, 6.07) is 0. The Morgan fingerprint density at radius 1 is 1.46 bits per heavy atom. The van der Waals surface area contributed by atoms with Crippen LogP contribution >= 0.6 is 0 Å². The van der Waals surface area contributed by atoms with Gasteiger partial charge in [-0.1, -0.05) is 20.8 Å². The number of nitrogens with one attached hydrogen (secondary N) is 1. The highest BCUT2D eigenvalue weighted by Gasteiger charge is 1.97. The summed E-state index contributed by atoms with van der Waals surface area (Å²) < 4.78 is 5.16. The van der Waals surface area contributed by atoms with Crippen LogP contribution in [0.2, 0.25) is 0 Å². The predicted octanol–water partition coefficient (Wildman–Crippen LogP) is 2.16. The molecule has 0 radical (unpaired) electrons. The quantitative estimate of drug-likeness (QED) is 0.729. The van der Waals surface area contributed by atoms with Crippen molar-refractivity contribution in [3.8, 4) is 0 Å². The molecule has 0 aliphatic rings. The van der Waals surface area contributed by atoms with E-state index in [-0.39, 0.29) is 0 Å². The van der Waals surface area contributed by atoms with E-state index in [1.807, 2.05) is 20.8 Å². The lowest BCUT2D eigenvalue weighted by Crippen LogP contribution is -2.16. The van der Waals surface area contributed by atoms with Crippen LogP contribution in [0, 0.1) is 6.92 Å². The molecule has 0 fully saturated rings. The van der Waals surface area contributed by atoms with Crippen molar-refractivity contribution in [1.29, 1.82) is 0 Å². The summed E-state index contributed by atoms with van der Waals surface area (Å²) in [5, 5.41) is 3.21. The zero-order valence-electron chi connectivity index (χ0n) is 9.05. The van der Waals surface area contributed by atoms with Crippen molar-refractivity contribution < 1.29 is 4.42 Å². The Balaban J connectivity index is 0.000000671. The molecule has 1 N–H and O–H groups in total. The molecule has 0 aromatic carbocycles. The summed E-state index contributed by atoms with van der Waals surface area (Å²) in [6.45, 7) is 9.96. The number of aryl methyl sites for hydroxylation is 1. The molecule has 0 aliphatic heterocycles. The van der Waals surface area contributed by atoms with E-state index >= 15 is 0 Å². The lowest BCUT2D eigenvalue weighted by Gasteiger charge is -1.95. The van der Waals surface area contributed by atoms with Crippen LogP contribution in [-0.2, 0) is 6.42 Å². The maximum atomic E-state index is 5.16. The van der Waals surface area contributed by atoms with Crippen molar-refractivity contribution in [2.24, 2.45) is 0 Å². The van der Waals surface area contributed by atoms with Crippen LogP contribution < -0.4 is 5.32 Å². The Morgan fingerprint density at radius 2 is 2.15 bits per heavy atom. The van der Waals surface area contributed by atoms with Crippen molar-refractivity contribution >= 4 is 0 Å². The fourth-order valence-corrected chi connectivity index (χ4v) is 0.890. The Hall–Kier alpha value is -0.830. The van der Waals surface area contributed by atoms with Crippen molar-refractivity contribution in [3.05, 3.63) is 17.8 Å². The molecule has 0 saturated carbocycles. The first-order valence-electron chi connectivity index (χ1n) is 4.94. The number of rotatable bonds is 4. The van der Waals surface area contributed by atoms with E-state index in [1.165, 1.54) is 0 Å². The van der Waals surface area contributed by atoms with Gasteiger partial charge in [-0.15, -0.1) is 0 Å². The average Bonchev–Trinajstić information content (AvgIpc) is 2.56. The number of hydrogen-bond acceptors (Lipinski definition) is 3. The molecule has 3 nitrogen and oxygen atoms in total. The van der Waals surface area contributed by atoms with Crippen LogP contribution in [0.4, 0.5) is 0 Å². The van der Waals surface area contributed by atoms with E-state index < -0.39 is 0 Å². The first kappa shape index (κ1) is 12.2. The monoisotopic (exact) mass is 184 g/mol. The minimum Gasteiger partial charge on any atom is -0.449 e. The van der Waals surface area contributed by atoms with Crippen LogP contribution in [-0.4, -0.2) is 18.1 Å². The van der Waals surface area contributed by atoms with E-state index in [2.05, 4.69) is 17.2 Å². The standard InChI is InChI=1S/C8H14N2O.C2H6/c1-3-9-5-4-8-10-7(2)6-11-8;1-2/h6,9H,3-5H2,1-2H3;1-2H3. The molecule has 13 heavy (non-hydrogen) atoms. The van der Waals surface area contributed by atoms with Gasteiger partial charge in [0.15, 0.2) is 5.89 Å². The molecule has 76 valence electrons. The summed E-state index contributed by atoms with van der Waals surface area (Å²) in [6.07, 6.45) is 2.56. The molecular weight excluding hydrogens is 164 g/mol. The van der Waals surface area contributed by atoms with E-state index in [4.69, 9.17) is 4.42 Å². The second-order valence-electron chi connectivity index (χ2n) is 2.49. The second-order valence-corrected chi connectivity index (χ2v) is 2.49. The molecule has 3 heteroatoms. The van der Waals surface area contributed by atoms with Crippen molar-refractivity contribution in [2.75, 3.05) is 13.1 Å². The molecule has 0 aliphatic carbocycles. The molecule has 1 aromatic rings. The number of oxazole rings is 1. The van der Waals surface area contributed by atoms with Crippen molar-refractivity contribution in [2.45, 2.75) is 34.1 Å². The van der Waals surface area contributed by atoms with E-state index in [0.717, 1.165) is 31.1 Å². The fourth-order valence-electron chi connectivity index (χ4n) is 0.890. The highest BCUT2D eigenvalue weighted by molar-refractivity contribution is 4.92. The topological polar surface area (TPSA) is 38.1 Å². The predicted molar refractivity (Wildman–Crippen MR) is 54.8 cm³/mol. The molecule has 1 heterocycles. The number of aromatic nitrogens is 1. The van der Waals surface area contributed by atoms with Gasteiger partial charge in [0.05, 0.1) is 5.69 Å². The van der Waals surface area contributed by atoms with Crippen LogP contribution in [0.3, 0.4) is 0 Å². The third-order valence-corrected chi connectivity index (χ3v) is 1.43. The van der Waals surface area contributed by atoms with Crippen molar-refractivity contribution in [1.82, 2.24) is 10.3 Å². The average molecular weight is 184 g/mol. The van der Waals surface area contributed by atoms with Gasteiger partial charge in [0.2, 0.25) is 0 Å². The first-order chi connectivity index (χ1) is 6.33. The summed E-state index contributed by atoms with van der Waals surface area (Å²) in [7, 11) is 0. The van der Waals surface area contributed by atoms with Gasteiger partial charge in [0, 0.05) is 13.0 Å². The fraction of sp³-hybridized carbons (Fsp3) is 0.700. The molecule has 0 bridgehead atoms. The van der Waals surface area contributed by atoms with E-state index in [1.54, 1.807) is 6.26 Å². The van der Waals surface area contributed by atoms with Gasteiger partial charge in [-0.2, -0.15) is 0 Å². The Labute approximate surface area is 80.6 Å².